The summed E-state index contributed by atoms with van der Waals surface area (Å²) in [6.07, 6.45) is 5.57. The van der Waals surface area contributed by atoms with E-state index < -0.39 is 0 Å². The highest BCUT2D eigenvalue weighted by molar-refractivity contribution is 5.76. The number of nitrogens with one attached hydrogen (secondary N) is 1. The average molecular weight is 354 g/mol. The minimum Gasteiger partial charge on any atom is -0.380 e. The molecule has 2 atom stereocenters. The van der Waals surface area contributed by atoms with Crippen LogP contribution in [0.15, 0.2) is 42.9 Å². The quantitative estimate of drug-likeness (QED) is 0.825. The zero-order chi connectivity index (χ0) is 18.4. The molecule has 2 aromatic rings. The Morgan fingerprint density at radius 2 is 2.19 bits per heavy atom. The molecule has 1 aliphatic rings. The first-order chi connectivity index (χ1) is 12.7. The van der Waals surface area contributed by atoms with Crippen LogP contribution in [0.5, 0.6) is 0 Å². The standard InChI is InChI=1S/C20H26N4O2/c1-15-5-3-4-6-16(15)7-8-20(25)22-12-17-11-18(26-2)13-24(17)19-9-10-21-14-23-19/h3-6,9-10,14,17-18H,7-8,11-13H2,1-2H3,(H,22,25)/t17-,18-/m1/s1. The van der Waals surface area contributed by atoms with Crippen molar-refractivity contribution in [1.82, 2.24) is 15.3 Å². The largest absolute Gasteiger partial charge is 0.380 e. The predicted octanol–water partition coefficient (Wildman–Crippen LogP) is 2.13. The van der Waals surface area contributed by atoms with Crippen LogP contribution in [0.1, 0.15) is 24.0 Å². The van der Waals surface area contributed by atoms with Gasteiger partial charge in [0.05, 0.1) is 12.1 Å². The van der Waals surface area contributed by atoms with Crippen molar-refractivity contribution in [1.29, 1.82) is 0 Å². The second-order valence-electron chi connectivity index (χ2n) is 6.70. The van der Waals surface area contributed by atoms with Gasteiger partial charge in [0.2, 0.25) is 5.91 Å². The lowest BCUT2D eigenvalue weighted by Crippen LogP contribution is -2.40. The van der Waals surface area contributed by atoms with Crippen molar-refractivity contribution >= 4 is 11.7 Å². The molecule has 26 heavy (non-hydrogen) atoms. The van der Waals surface area contributed by atoms with Gasteiger partial charge in [-0.3, -0.25) is 4.79 Å². The summed E-state index contributed by atoms with van der Waals surface area (Å²) in [7, 11) is 1.73. The van der Waals surface area contributed by atoms with E-state index in [1.54, 1.807) is 19.6 Å². The van der Waals surface area contributed by atoms with Crippen molar-refractivity contribution in [2.45, 2.75) is 38.3 Å². The Bertz CT molecular complexity index is 723. The number of methoxy groups -OCH3 is 1. The lowest BCUT2D eigenvalue weighted by Gasteiger charge is -2.25. The van der Waals surface area contributed by atoms with Crippen molar-refractivity contribution in [2.75, 3.05) is 25.1 Å². The summed E-state index contributed by atoms with van der Waals surface area (Å²) in [6, 6.07) is 10.3. The molecule has 6 nitrogen and oxygen atoms in total. The van der Waals surface area contributed by atoms with E-state index in [4.69, 9.17) is 4.74 Å². The van der Waals surface area contributed by atoms with E-state index in [-0.39, 0.29) is 18.1 Å². The van der Waals surface area contributed by atoms with Gasteiger partial charge in [-0.2, -0.15) is 0 Å². The summed E-state index contributed by atoms with van der Waals surface area (Å²) < 4.78 is 5.52. The van der Waals surface area contributed by atoms with Crippen molar-refractivity contribution in [3.8, 4) is 0 Å². The first-order valence-corrected chi connectivity index (χ1v) is 9.04. The van der Waals surface area contributed by atoms with Gasteiger partial charge < -0.3 is 15.0 Å². The van der Waals surface area contributed by atoms with Gasteiger partial charge in [0, 0.05) is 32.8 Å². The van der Waals surface area contributed by atoms with E-state index in [0.717, 1.165) is 25.2 Å². The Hall–Kier alpha value is -2.47. The lowest BCUT2D eigenvalue weighted by atomic mass is 10.0. The first-order valence-electron chi connectivity index (χ1n) is 9.04. The molecule has 1 N–H and O–H groups in total. The molecule has 3 rings (SSSR count). The molecule has 1 aromatic heterocycles. The molecule has 0 unspecified atom stereocenters. The topological polar surface area (TPSA) is 67.3 Å². The second kappa shape index (κ2) is 8.76. The zero-order valence-electron chi connectivity index (χ0n) is 15.4. The number of aryl methyl sites for hydroxylation is 2. The van der Waals surface area contributed by atoms with E-state index in [1.165, 1.54) is 11.1 Å². The van der Waals surface area contributed by atoms with Gasteiger partial charge in [0.15, 0.2) is 0 Å². The van der Waals surface area contributed by atoms with Crippen LogP contribution in [-0.2, 0) is 16.0 Å². The normalized spacial score (nSPS) is 19.5. The van der Waals surface area contributed by atoms with Gasteiger partial charge in [-0.15, -0.1) is 0 Å². The van der Waals surface area contributed by atoms with Gasteiger partial charge in [-0.05, 0) is 37.0 Å². The van der Waals surface area contributed by atoms with Crippen LogP contribution in [0.2, 0.25) is 0 Å². The predicted molar refractivity (Wildman–Crippen MR) is 101 cm³/mol. The smallest absolute Gasteiger partial charge is 0.220 e. The Labute approximate surface area is 154 Å². The van der Waals surface area contributed by atoms with Crippen LogP contribution in [0.4, 0.5) is 5.82 Å². The Morgan fingerprint density at radius 3 is 2.92 bits per heavy atom. The number of hydrogen-bond acceptors (Lipinski definition) is 5. The van der Waals surface area contributed by atoms with E-state index in [9.17, 15) is 4.79 Å². The summed E-state index contributed by atoms with van der Waals surface area (Å²) in [4.78, 5) is 22.8. The molecule has 138 valence electrons. The fourth-order valence-electron chi connectivity index (χ4n) is 3.43. The van der Waals surface area contributed by atoms with Gasteiger partial charge in [-0.1, -0.05) is 24.3 Å². The Morgan fingerprint density at radius 1 is 1.35 bits per heavy atom. The molecule has 0 spiro atoms. The average Bonchev–Trinajstić information content (AvgIpc) is 3.10. The molecule has 0 bridgehead atoms. The van der Waals surface area contributed by atoms with Crippen molar-refractivity contribution in [3.63, 3.8) is 0 Å². The molecule has 1 amide bonds. The van der Waals surface area contributed by atoms with Crippen molar-refractivity contribution in [2.24, 2.45) is 0 Å². The molecule has 1 aromatic carbocycles. The van der Waals surface area contributed by atoms with E-state index in [2.05, 4.69) is 39.2 Å². The van der Waals surface area contributed by atoms with Crippen molar-refractivity contribution < 1.29 is 9.53 Å². The molecule has 0 radical (unpaired) electrons. The highest BCUT2D eigenvalue weighted by Crippen LogP contribution is 2.24. The number of ether oxygens (including phenoxy) is 1. The van der Waals surface area contributed by atoms with Gasteiger partial charge >= 0.3 is 0 Å². The Balaban J connectivity index is 1.53. The number of carbonyl (C=O) groups excluding carboxylic acids is 1. The number of carbonyl (C=O) groups is 1. The molecular weight excluding hydrogens is 328 g/mol. The molecule has 2 heterocycles. The minimum atomic E-state index is 0.0803. The van der Waals surface area contributed by atoms with E-state index in [1.807, 2.05) is 18.2 Å². The van der Waals surface area contributed by atoms with E-state index in [0.29, 0.717) is 13.0 Å². The summed E-state index contributed by atoms with van der Waals surface area (Å²) in [5, 5.41) is 3.08. The highest BCUT2D eigenvalue weighted by atomic mass is 16.5. The number of rotatable bonds is 7. The third-order valence-corrected chi connectivity index (χ3v) is 4.99. The first kappa shape index (κ1) is 18.3. The van der Waals surface area contributed by atoms with E-state index >= 15 is 0 Å². The summed E-state index contributed by atoms with van der Waals surface area (Å²) in [5.41, 5.74) is 2.46. The van der Waals surface area contributed by atoms with Crippen molar-refractivity contribution in [3.05, 3.63) is 54.0 Å². The number of hydrogen-bond donors (Lipinski definition) is 1. The molecule has 1 aliphatic heterocycles. The molecular formula is C20H26N4O2. The summed E-state index contributed by atoms with van der Waals surface area (Å²) >= 11 is 0. The van der Waals surface area contributed by atoms with Gasteiger partial charge in [0.1, 0.15) is 12.1 Å². The fraction of sp³-hybridized carbons (Fsp3) is 0.450. The Kier molecular flexibility index (Phi) is 6.17. The maximum absolute atomic E-state index is 12.3. The van der Waals surface area contributed by atoms with Gasteiger partial charge in [0.25, 0.3) is 0 Å². The third kappa shape index (κ3) is 4.58. The third-order valence-electron chi connectivity index (χ3n) is 4.99. The highest BCUT2D eigenvalue weighted by Gasteiger charge is 2.33. The molecule has 1 fully saturated rings. The lowest BCUT2D eigenvalue weighted by molar-refractivity contribution is -0.121. The van der Waals surface area contributed by atoms with Crippen LogP contribution in [0.3, 0.4) is 0 Å². The molecule has 1 saturated heterocycles. The summed E-state index contributed by atoms with van der Waals surface area (Å²) in [6.45, 7) is 3.45. The number of nitrogens with zero attached hydrogens (tertiary/aromatic N) is 3. The summed E-state index contributed by atoms with van der Waals surface area (Å²) in [5.74, 6) is 0.954. The minimum absolute atomic E-state index is 0.0803. The number of benzene rings is 1. The molecule has 6 heteroatoms. The van der Waals surface area contributed by atoms with Crippen LogP contribution < -0.4 is 10.2 Å². The number of anilines is 1. The SMILES string of the molecule is CO[C@@H]1C[C@H](CNC(=O)CCc2ccccc2C)N(c2ccncn2)C1. The second-order valence-corrected chi connectivity index (χ2v) is 6.70. The van der Waals surface area contributed by atoms with Crippen LogP contribution in [0.25, 0.3) is 0 Å². The fourth-order valence-corrected chi connectivity index (χ4v) is 3.43. The maximum atomic E-state index is 12.3. The zero-order valence-corrected chi connectivity index (χ0v) is 15.4. The molecule has 0 saturated carbocycles. The van der Waals surface area contributed by atoms with Crippen LogP contribution in [-0.4, -0.2) is 48.2 Å². The maximum Gasteiger partial charge on any atom is 0.220 e. The van der Waals surface area contributed by atoms with Gasteiger partial charge in [-0.25, -0.2) is 9.97 Å². The monoisotopic (exact) mass is 354 g/mol. The number of amides is 1. The van der Waals surface area contributed by atoms with Crippen LogP contribution in [0, 0.1) is 6.92 Å². The number of aromatic nitrogens is 2. The van der Waals surface area contributed by atoms with Crippen LogP contribution >= 0.6 is 0 Å². The molecule has 0 aliphatic carbocycles.